The number of hydrogen-bond acceptors (Lipinski definition) is 3. The molecule has 2 rings (SSSR count). The van der Waals surface area contributed by atoms with Crippen LogP contribution >= 0.6 is 11.6 Å². The van der Waals surface area contributed by atoms with Crippen molar-refractivity contribution in [3.8, 4) is 5.75 Å². The van der Waals surface area contributed by atoms with Gasteiger partial charge in [-0.3, -0.25) is 4.98 Å². The molecule has 112 valence electrons. The van der Waals surface area contributed by atoms with E-state index in [-0.39, 0.29) is 11.6 Å². The monoisotopic (exact) mass is 308 g/mol. The summed E-state index contributed by atoms with van der Waals surface area (Å²) in [5.41, 5.74) is 1.68. The summed E-state index contributed by atoms with van der Waals surface area (Å²) in [5, 5.41) is 3.41. The Morgan fingerprint density at radius 3 is 2.71 bits per heavy atom. The Labute approximate surface area is 129 Å². The van der Waals surface area contributed by atoms with Crippen molar-refractivity contribution in [2.24, 2.45) is 0 Å². The summed E-state index contributed by atoms with van der Waals surface area (Å²) in [6, 6.07) is 8.82. The minimum absolute atomic E-state index is 0.113. The van der Waals surface area contributed by atoms with Crippen LogP contribution in [0.25, 0.3) is 0 Å². The molecular weight excluding hydrogens is 291 g/mol. The summed E-state index contributed by atoms with van der Waals surface area (Å²) >= 11 is 5.64. The van der Waals surface area contributed by atoms with Crippen molar-refractivity contribution in [1.82, 2.24) is 10.3 Å². The van der Waals surface area contributed by atoms with Gasteiger partial charge in [0.1, 0.15) is 18.2 Å². The number of nitrogens with zero attached hydrogens (tertiary/aromatic N) is 1. The molecule has 0 aliphatic heterocycles. The highest BCUT2D eigenvalue weighted by molar-refractivity contribution is 6.30. The largest absolute Gasteiger partial charge is 0.487 e. The van der Waals surface area contributed by atoms with E-state index in [0.29, 0.717) is 11.8 Å². The van der Waals surface area contributed by atoms with Gasteiger partial charge in [0.25, 0.3) is 0 Å². The summed E-state index contributed by atoms with van der Waals surface area (Å²) in [5.74, 6) is 0.213. The standard InChI is InChI=1S/C16H18ClFN2O/c1-11(2)19-8-13-4-5-14(9-20-13)21-10-12-3-6-15(17)16(18)7-12/h3-7,9,11,19H,8,10H2,1-2H3. The van der Waals surface area contributed by atoms with Crippen molar-refractivity contribution >= 4 is 11.6 Å². The van der Waals surface area contributed by atoms with E-state index < -0.39 is 5.82 Å². The van der Waals surface area contributed by atoms with Crippen molar-refractivity contribution in [1.29, 1.82) is 0 Å². The van der Waals surface area contributed by atoms with Crippen molar-refractivity contribution < 1.29 is 9.13 Å². The van der Waals surface area contributed by atoms with Crippen molar-refractivity contribution in [3.05, 3.63) is 58.6 Å². The third-order valence-electron chi connectivity index (χ3n) is 2.88. The first kappa shape index (κ1) is 15.7. The van der Waals surface area contributed by atoms with E-state index in [1.54, 1.807) is 12.3 Å². The zero-order chi connectivity index (χ0) is 15.2. The molecule has 1 aromatic carbocycles. The molecule has 0 atom stereocenters. The quantitative estimate of drug-likeness (QED) is 0.877. The normalized spacial score (nSPS) is 10.9. The maximum Gasteiger partial charge on any atom is 0.142 e. The van der Waals surface area contributed by atoms with Crippen LogP contribution in [-0.2, 0) is 13.2 Å². The SMILES string of the molecule is CC(C)NCc1ccc(OCc2ccc(Cl)c(F)c2)cn1. The smallest absolute Gasteiger partial charge is 0.142 e. The van der Waals surface area contributed by atoms with Crippen LogP contribution in [0.5, 0.6) is 5.75 Å². The molecule has 1 aromatic heterocycles. The molecule has 1 N–H and O–H groups in total. The molecule has 0 spiro atoms. The first-order valence-corrected chi connectivity index (χ1v) is 7.17. The lowest BCUT2D eigenvalue weighted by molar-refractivity contribution is 0.304. The lowest BCUT2D eigenvalue weighted by Crippen LogP contribution is -2.22. The molecule has 0 amide bonds. The van der Waals surface area contributed by atoms with Gasteiger partial charge in [-0.25, -0.2) is 4.39 Å². The number of hydrogen-bond donors (Lipinski definition) is 1. The lowest BCUT2D eigenvalue weighted by atomic mass is 10.2. The molecule has 0 fully saturated rings. The van der Waals surface area contributed by atoms with Gasteiger partial charge in [-0.05, 0) is 29.8 Å². The summed E-state index contributed by atoms with van der Waals surface area (Å²) < 4.78 is 18.9. The number of halogens is 2. The van der Waals surface area contributed by atoms with E-state index in [4.69, 9.17) is 16.3 Å². The van der Waals surface area contributed by atoms with Crippen molar-refractivity contribution in [2.75, 3.05) is 0 Å². The van der Waals surface area contributed by atoms with Crippen LogP contribution in [0.3, 0.4) is 0 Å². The van der Waals surface area contributed by atoms with E-state index in [1.807, 2.05) is 12.1 Å². The van der Waals surface area contributed by atoms with E-state index >= 15 is 0 Å². The Morgan fingerprint density at radius 1 is 1.29 bits per heavy atom. The van der Waals surface area contributed by atoms with Gasteiger partial charge < -0.3 is 10.1 Å². The predicted molar refractivity (Wildman–Crippen MR) is 82.0 cm³/mol. The van der Waals surface area contributed by atoms with Gasteiger partial charge in [0.2, 0.25) is 0 Å². The second-order valence-corrected chi connectivity index (χ2v) is 5.47. The van der Waals surface area contributed by atoms with E-state index in [1.165, 1.54) is 12.1 Å². The van der Waals surface area contributed by atoms with Crippen LogP contribution in [-0.4, -0.2) is 11.0 Å². The van der Waals surface area contributed by atoms with Crippen LogP contribution in [0.4, 0.5) is 4.39 Å². The molecule has 0 unspecified atom stereocenters. The fourth-order valence-electron chi connectivity index (χ4n) is 1.71. The summed E-state index contributed by atoms with van der Waals surface area (Å²) in [6.45, 7) is 5.17. The van der Waals surface area contributed by atoms with Gasteiger partial charge in [0.15, 0.2) is 0 Å². The van der Waals surface area contributed by atoms with Crippen molar-refractivity contribution in [2.45, 2.75) is 33.0 Å². The van der Waals surface area contributed by atoms with Crippen LogP contribution in [0.2, 0.25) is 5.02 Å². The Morgan fingerprint density at radius 2 is 2.10 bits per heavy atom. The first-order valence-electron chi connectivity index (χ1n) is 6.79. The van der Waals surface area contributed by atoms with Gasteiger partial charge in [0, 0.05) is 12.6 Å². The Balaban J connectivity index is 1.89. The molecule has 0 saturated heterocycles. The molecule has 0 saturated carbocycles. The number of benzene rings is 1. The number of pyridine rings is 1. The number of rotatable bonds is 6. The third kappa shape index (κ3) is 4.99. The van der Waals surface area contributed by atoms with Gasteiger partial charge >= 0.3 is 0 Å². The Hall–Kier alpha value is -1.65. The van der Waals surface area contributed by atoms with Gasteiger partial charge in [-0.2, -0.15) is 0 Å². The topological polar surface area (TPSA) is 34.1 Å². The highest BCUT2D eigenvalue weighted by Gasteiger charge is 2.03. The molecule has 3 nitrogen and oxygen atoms in total. The zero-order valence-corrected chi connectivity index (χ0v) is 12.8. The summed E-state index contributed by atoms with van der Waals surface area (Å²) in [4.78, 5) is 4.31. The molecule has 21 heavy (non-hydrogen) atoms. The maximum absolute atomic E-state index is 13.3. The van der Waals surface area contributed by atoms with Crippen molar-refractivity contribution in [3.63, 3.8) is 0 Å². The number of ether oxygens (including phenoxy) is 1. The fourth-order valence-corrected chi connectivity index (χ4v) is 1.82. The first-order chi connectivity index (χ1) is 10.0. The number of nitrogens with one attached hydrogen (secondary N) is 1. The molecule has 0 radical (unpaired) electrons. The predicted octanol–water partition coefficient (Wildman–Crippen LogP) is 3.95. The second kappa shape index (κ2) is 7.38. The molecule has 2 aromatic rings. The van der Waals surface area contributed by atoms with Gasteiger partial charge in [-0.1, -0.05) is 31.5 Å². The minimum atomic E-state index is -0.439. The molecular formula is C16H18ClFN2O. The average Bonchev–Trinajstić information content (AvgIpc) is 2.47. The third-order valence-corrected chi connectivity index (χ3v) is 3.19. The zero-order valence-electron chi connectivity index (χ0n) is 12.1. The van der Waals surface area contributed by atoms with Gasteiger partial charge in [0.05, 0.1) is 16.9 Å². The summed E-state index contributed by atoms with van der Waals surface area (Å²) in [7, 11) is 0. The van der Waals surface area contributed by atoms with Crippen LogP contribution in [0.15, 0.2) is 36.5 Å². The summed E-state index contributed by atoms with van der Waals surface area (Å²) in [6.07, 6.45) is 1.67. The Kier molecular flexibility index (Phi) is 5.53. The molecule has 0 aliphatic carbocycles. The maximum atomic E-state index is 13.3. The Bertz CT molecular complexity index is 587. The fraction of sp³-hybridized carbons (Fsp3) is 0.312. The second-order valence-electron chi connectivity index (χ2n) is 5.06. The van der Waals surface area contributed by atoms with Crippen LogP contribution < -0.4 is 10.1 Å². The lowest BCUT2D eigenvalue weighted by Gasteiger charge is -2.09. The highest BCUT2D eigenvalue weighted by Crippen LogP contribution is 2.17. The van der Waals surface area contributed by atoms with Gasteiger partial charge in [-0.15, -0.1) is 0 Å². The number of aromatic nitrogens is 1. The van der Waals surface area contributed by atoms with Crippen LogP contribution in [0.1, 0.15) is 25.1 Å². The molecule has 1 heterocycles. The highest BCUT2D eigenvalue weighted by atomic mass is 35.5. The van der Waals surface area contributed by atoms with E-state index in [9.17, 15) is 4.39 Å². The molecule has 5 heteroatoms. The van der Waals surface area contributed by atoms with Crippen LogP contribution in [0, 0.1) is 5.82 Å². The molecule has 0 bridgehead atoms. The van der Waals surface area contributed by atoms with E-state index in [0.717, 1.165) is 17.8 Å². The minimum Gasteiger partial charge on any atom is -0.487 e. The average molecular weight is 309 g/mol. The molecule has 0 aliphatic rings. The van der Waals surface area contributed by atoms with E-state index in [2.05, 4.69) is 24.1 Å².